The predicted molar refractivity (Wildman–Crippen MR) is 96.9 cm³/mol. The van der Waals surface area contributed by atoms with Crippen molar-refractivity contribution in [1.29, 1.82) is 0 Å². The summed E-state index contributed by atoms with van der Waals surface area (Å²) < 4.78 is 2.27. The minimum absolute atomic E-state index is 0.411. The van der Waals surface area contributed by atoms with E-state index in [-0.39, 0.29) is 0 Å². The average Bonchev–Trinajstić information content (AvgIpc) is 2.95. The third-order valence-corrected chi connectivity index (χ3v) is 4.47. The minimum Gasteiger partial charge on any atom is -0.366 e. The zero-order valence-corrected chi connectivity index (χ0v) is 13.4. The number of fused-ring (bicyclic) bond motifs is 3. The summed E-state index contributed by atoms with van der Waals surface area (Å²) in [6.45, 7) is 3.03. The lowest BCUT2D eigenvalue weighted by molar-refractivity contribution is 0.100. The van der Waals surface area contributed by atoms with Crippen LogP contribution in [0.5, 0.6) is 0 Å². The number of nitrogens with zero attached hydrogens (tertiary/aromatic N) is 2. The highest BCUT2D eigenvalue weighted by Gasteiger charge is 2.11. The maximum absolute atomic E-state index is 11.4. The fourth-order valence-corrected chi connectivity index (χ4v) is 3.32. The van der Waals surface area contributed by atoms with Crippen molar-refractivity contribution in [3.05, 3.63) is 66.5 Å². The van der Waals surface area contributed by atoms with Gasteiger partial charge in [-0.3, -0.25) is 9.78 Å². The Balaban J connectivity index is 1.97. The van der Waals surface area contributed by atoms with E-state index in [0.717, 1.165) is 23.2 Å². The van der Waals surface area contributed by atoms with Crippen molar-refractivity contribution in [1.82, 2.24) is 9.55 Å². The molecule has 0 aliphatic rings. The average molecular weight is 315 g/mol. The van der Waals surface area contributed by atoms with E-state index in [0.29, 0.717) is 5.56 Å². The van der Waals surface area contributed by atoms with E-state index in [4.69, 9.17) is 5.73 Å². The maximum Gasteiger partial charge on any atom is 0.248 e. The van der Waals surface area contributed by atoms with Crippen molar-refractivity contribution in [2.75, 3.05) is 0 Å². The highest BCUT2D eigenvalue weighted by molar-refractivity contribution is 6.09. The molecule has 0 saturated heterocycles. The third-order valence-electron chi connectivity index (χ3n) is 4.47. The van der Waals surface area contributed by atoms with Gasteiger partial charge in [-0.1, -0.05) is 18.2 Å². The summed E-state index contributed by atoms with van der Waals surface area (Å²) >= 11 is 0. The molecule has 0 fully saturated rings. The van der Waals surface area contributed by atoms with Crippen LogP contribution in [0.15, 0.2) is 60.9 Å². The van der Waals surface area contributed by atoms with Gasteiger partial charge in [0, 0.05) is 34.6 Å². The summed E-state index contributed by atoms with van der Waals surface area (Å²) in [4.78, 5) is 15.7. The van der Waals surface area contributed by atoms with Crippen LogP contribution in [0.4, 0.5) is 0 Å². The molecule has 24 heavy (non-hydrogen) atoms. The second-order valence-corrected chi connectivity index (χ2v) is 5.81. The number of primary amides is 1. The van der Waals surface area contributed by atoms with E-state index in [1.54, 1.807) is 6.07 Å². The van der Waals surface area contributed by atoms with Crippen molar-refractivity contribution in [3.8, 4) is 11.1 Å². The Bertz CT molecular complexity index is 1080. The lowest BCUT2D eigenvalue weighted by atomic mass is 10.0. The van der Waals surface area contributed by atoms with Crippen LogP contribution in [-0.4, -0.2) is 15.5 Å². The molecule has 0 aliphatic heterocycles. The van der Waals surface area contributed by atoms with E-state index in [2.05, 4.69) is 34.7 Å². The number of nitrogens with two attached hydrogens (primary N) is 1. The number of aromatic nitrogens is 2. The molecule has 2 aromatic carbocycles. The smallest absolute Gasteiger partial charge is 0.248 e. The molecule has 4 heteroatoms. The Kier molecular flexibility index (Phi) is 3.31. The van der Waals surface area contributed by atoms with E-state index in [1.807, 2.05) is 36.7 Å². The Morgan fingerprint density at radius 1 is 1.04 bits per heavy atom. The van der Waals surface area contributed by atoms with Crippen molar-refractivity contribution >= 4 is 27.7 Å². The summed E-state index contributed by atoms with van der Waals surface area (Å²) in [6.07, 6.45) is 3.73. The van der Waals surface area contributed by atoms with Crippen molar-refractivity contribution in [2.24, 2.45) is 5.73 Å². The molecule has 0 radical (unpaired) electrons. The van der Waals surface area contributed by atoms with E-state index in [9.17, 15) is 4.79 Å². The molecule has 118 valence electrons. The second-order valence-electron chi connectivity index (χ2n) is 5.81. The van der Waals surface area contributed by atoms with Crippen LogP contribution in [0.2, 0.25) is 0 Å². The molecule has 0 aliphatic carbocycles. The molecule has 1 amide bonds. The zero-order valence-electron chi connectivity index (χ0n) is 13.4. The SMILES string of the molecule is CCn1c2ccc(-c3cccc(C(N)=O)c3)cc2c2ccncc21. The molecule has 0 bridgehead atoms. The molecular formula is C20H17N3O. The Morgan fingerprint density at radius 2 is 1.88 bits per heavy atom. The first-order valence-corrected chi connectivity index (χ1v) is 7.95. The monoisotopic (exact) mass is 315 g/mol. The van der Waals surface area contributed by atoms with E-state index < -0.39 is 5.91 Å². The normalized spacial score (nSPS) is 11.2. The fourth-order valence-electron chi connectivity index (χ4n) is 3.32. The molecule has 4 rings (SSSR count). The lowest BCUT2D eigenvalue weighted by Crippen LogP contribution is -2.10. The van der Waals surface area contributed by atoms with Crippen molar-refractivity contribution in [2.45, 2.75) is 13.5 Å². The van der Waals surface area contributed by atoms with Crippen molar-refractivity contribution < 1.29 is 4.79 Å². The van der Waals surface area contributed by atoms with E-state index in [1.165, 1.54) is 16.3 Å². The number of pyridine rings is 1. The van der Waals surface area contributed by atoms with Crippen LogP contribution in [-0.2, 0) is 6.54 Å². The van der Waals surface area contributed by atoms with Crippen molar-refractivity contribution in [3.63, 3.8) is 0 Å². The zero-order chi connectivity index (χ0) is 16.7. The van der Waals surface area contributed by atoms with Crippen LogP contribution in [0.3, 0.4) is 0 Å². The van der Waals surface area contributed by atoms with Crippen LogP contribution in [0, 0.1) is 0 Å². The van der Waals surface area contributed by atoms with Gasteiger partial charge in [0.05, 0.1) is 11.7 Å². The number of aryl methyl sites for hydroxylation is 1. The Hall–Kier alpha value is -3.14. The summed E-state index contributed by atoms with van der Waals surface area (Å²) in [7, 11) is 0. The number of hydrogen-bond acceptors (Lipinski definition) is 2. The first-order chi connectivity index (χ1) is 11.7. The largest absolute Gasteiger partial charge is 0.366 e. The standard InChI is InChI=1S/C20H17N3O/c1-2-23-18-7-6-14(13-4-3-5-15(10-13)20(21)24)11-17(18)16-8-9-22-12-19(16)23/h3-12H,2H2,1H3,(H2,21,24). The Labute approximate surface area is 139 Å². The molecule has 4 aromatic rings. The van der Waals surface area contributed by atoms with Gasteiger partial charge in [-0.15, -0.1) is 0 Å². The van der Waals surface area contributed by atoms with Gasteiger partial charge in [0.2, 0.25) is 5.91 Å². The highest BCUT2D eigenvalue weighted by atomic mass is 16.1. The summed E-state index contributed by atoms with van der Waals surface area (Å²) in [5.74, 6) is -0.411. The van der Waals surface area contributed by atoms with Gasteiger partial charge in [-0.25, -0.2) is 0 Å². The Morgan fingerprint density at radius 3 is 2.67 bits per heavy atom. The van der Waals surface area contributed by atoms with Crippen LogP contribution < -0.4 is 5.73 Å². The first-order valence-electron chi connectivity index (χ1n) is 7.95. The quantitative estimate of drug-likeness (QED) is 0.621. The molecule has 0 unspecified atom stereocenters. The second kappa shape index (κ2) is 5.49. The molecule has 2 heterocycles. The van der Waals surface area contributed by atoms with Crippen LogP contribution >= 0.6 is 0 Å². The van der Waals surface area contributed by atoms with Gasteiger partial charge in [-0.2, -0.15) is 0 Å². The number of carbonyl (C=O) groups excluding carboxylic acids is 1. The summed E-state index contributed by atoms with van der Waals surface area (Å²) in [6, 6.07) is 15.9. The number of carbonyl (C=O) groups is 1. The number of amides is 1. The highest BCUT2D eigenvalue weighted by Crippen LogP contribution is 2.32. The molecule has 2 aromatic heterocycles. The van der Waals surface area contributed by atoms with Crippen LogP contribution in [0.1, 0.15) is 17.3 Å². The van der Waals surface area contributed by atoms with Crippen LogP contribution in [0.25, 0.3) is 32.9 Å². The molecule has 0 spiro atoms. The molecule has 2 N–H and O–H groups in total. The first kappa shape index (κ1) is 14.5. The number of rotatable bonds is 3. The predicted octanol–water partition coefficient (Wildman–Crippen LogP) is 3.98. The third kappa shape index (κ3) is 2.15. The molecular weight excluding hydrogens is 298 g/mol. The number of hydrogen-bond donors (Lipinski definition) is 1. The van der Waals surface area contributed by atoms with Gasteiger partial charge in [0.25, 0.3) is 0 Å². The maximum atomic E-state index is 11.4. The molecule has 0 atom stereocenters. The van der Waals surface area contributed by atoms with Gasteiger partial charge in [-0.05, 0) is 48.4 Å². The minimum atomic E-state index is -0.411. The summed E-state index contributed by atoms with van der Waals surface area (Å²) in [5.41, 5.74) is 10.3. The molecule has 0 saturated carbocycles. The molecule has 4 nitrogen and oxygen atoms in total. The van der Waals surface area contributed by atoms with Gasteiger partial charge < -0.3 is 10.3 Å². The van der Waals surface area contributed by atoms with Gasteiger partial charge in [0.15, 0.2) is 0 Å². The van der Waals surface area contributed by atoms with Gasteiger partial charge in [0.1, 0.15) is 0 Å². The lowest BCUT2D eigenvalue weighted by Gasteiger charge is -2.06. The topological polar surface area (TPSA) is 60.9 Å². The number of benzene rings is 2. The summed E-state index contributed by atoms with van der Waals surface area (Å²) in [5, 5.41) is 2.38. The van der Waals surface area contributed by atoms with E-state index >= 15 is 0 Å². The van der Waals surface area contributed by atoms with Gasteiger partial charge >= 0.3 is 0 Å². The fraction of sp³-hybridized carbons (Fsp3) is 0.100.